The van der Waals surface area contributed by atoms with Gasteiger partial charge >= 0.3 is 6.03 Å². The molecule has 22 heavy (non-hydrogen) atoms. The third kappa shape index (κ3) is 4.38. The number of benzene rings is 1. The predicted octanol–water partition coefficient (Wildman–Crippen LogP) is 4.04. The van der Waals surface area contributed by atoms with Crippen LogP contribution in [0.25, 0.3) is 0 Å². The highest BCUT2D eigenvalue weighted by Gasteiger charge is 2.18. The van der Waals surface area contributed by atoms with E-state index in [9.17, 15) is 4.79 Å². The first-order valence-corrected chi connectivity index (χ1v) is 7.75. The van der Waals surface area contributed by atoms with E-state index in [0.29, 0.717) is 12.5 Å². The Morgan fingerprint density at radius 1 is 1.18 bits per heavy atom. The summed E-state index contributed by atoms with van der Waals surface area (Å²) in [6, 6.07) is 11.9. The molecule has 0 aliphatic heterocycles. The zero-order chi connectivity index (χ0) is 15.9. The number of hydrogen-bond acceptors (Lipinski definition) is 2. The van der Waals surface area contributed by atoms with E-state index in [2.05, 4.69) is 55.7 Å². The second kappa shape index (κ2) is 7.69. The average molecular weight is 300 g/mol. The summed E-state index contributed by atoms with van der Waals surface area (Å²) in [5.41, 5.74) is 2.42. The van der Waals surface area contributed by atoms with E-state index in [1.807, 2.05) is 6.07 Å². The van der Waals surface area contributed by atoms with Crippen molar-refractivity contribution in [3.63, 3.8) is 0 Å². The fraction of sp³-hybridized carbons (Fsp3) is 0.389. The van der Waals surface area contributed by atoms with Crippen LogP contribution in [-0.2, 0) is 13.0 Å². The number of carbonyl (C=O) groups excluding carboxylic acids is 1. The molecule has 0 aliphatic carbocycles. The number of nitrogens with one attached hydrogen (secondary N) is 2. The quantitative estimate of drug-likeness (QED) is 0.846. The van der Waals surface area contributed by atoms with Crippen LogP contribution in [-0.4, -0.2) is 6.03 Å². The van der Waals surface area contributed by atoms with Gasteiger partial charge in [-0.1, -0.05) is 45.0 Å². The number of hydrogen-bond donors (Lipinski definition) is 2. The Hall–Kier alpha value is -2.23. The van der Waals surface area contributed by atoms with Crippen molar-refractivity contribution >= 4 is 6.03 Å². The monoisotopic (exact) mass is 300 g/mol. The molecule has 0 saturated heterocycles. The van der Waals surface area contributed by atoms with E-state index < -0.39 is 0 Å². The van der Waals surface area contributed by atoms with Crippen molar-refractivity contribution < 1.29 is 9.21 Å². The smallest absolute Gasteiger partial charge is 0.315 e. The average Bonchev–Trinajstić information content (AvgIpc) is 3.04. The zero-order valence-electron chi connectivity index (χ0n) is 13.4. The van der Waals surface area contributed by atoms with Crippen molar-refractivity contribution in [2.75, 3.05) is 0 Å². The number of furan rings is 1. The lowest BCUT2D eigenvalue weighted by molar-refractivity contribution is 0.231. The lowest BCUT2D eigenvalue weighted by Crippen LogP contribution is -2.39. The topological polar surface area (TPSA) is 54.3 Å². The Morgan fingerprint density at radius 3 is 2.45 bits per heavy atom. The lowest BCUT2D eigenvalue weighted by atomic mass is 9.95. The summed E-state index contributed by atoms with van der Waals surface area (Å²) >= 11 is 0. The summed E-state index contributed by atoms with van der Waals surface area (Å²) in [5.74, 6) is 1.05. The standard InChI is InChI=1S/C18H24N2O2/c1-4-14-7-9-15(10-8-14)17(13(2)3)20-18(21)19-12-16-6-5-11-22-16/h5-11,13,17H,4,12H2,1-3H3,(H2,19,20,21). The van der Waals surface area contributed by atoms with Crippen LogP contribution >= 0.6 is 0 Å². The molecule has 0 spiro atoms. The Bertz CT molecular complexity index is 574. The first kappa shape index (κ1) is 16.1. The fourth-order valence-corrected chi connectivity index (χ4v) is 2.37. The molecule has 4 heteroatoms. The normalized spacial score (nSPS) is 12.2. The molecule has 2 aromatic rings. The molecule has 4 nitrogen and oxygen atoms in total. The highest BCUT2D eigenvalue weighted by Crippen LogP contribution is 2.22. The fourth-order valence-electron chi connectivity index (χ4n) is 2.37. The minimum absolute atomic E-state index is 0.0116. The molecular formula is C18H24N2O2. The van der Waals surface area contributed by atoms with Crippen molar-refractivity contribution in [3.05, 3.63) is 59.5 Å². The van der Waals surface area contributed by atoms with Crippen LogP contribution in [0.15, 0.2) is 47.1 Å². The van der Waals surface area contributed by atoms with Crippen molar-refractivity contribution in [2.45, 2.75) is 39.8 Å². The molecule has 118 valence electrons. The van der Waals surface area contributed by atoms with Gasteiger partial charge in [-0.15, -0.1) is 0 Å². The van der Waals surface area contributed by atoms with Crippen LogP contribution in [0.5, 0.6) is 0 Å². The van der Waals surface area contributed by atoms with Crippen LogP contribution in [0.3, 0.4) is 0 Å². The highest BCUT2D eigenvalue weighted by atomic mass is 16.3. The summed E-state index contributed by atoms with van der Waals surface area (Å²) in [7, 11) is 0. The van der Waals surface area contributed by atoms with Gasteiger partial charge in [0.2, 0.25) is 0 Å². The van der Waals surface area contributed by atoms with Gasteiger partial charge in [0.05, 0.1) is 18.8 Å². The van der Waals surface area contributed by atoms with E-state index in [-0.39, 0.29) is 12.1 Å². The second-order valence-electron chi connectivity index (χ2n) is 5.72. The molecule has 2 amide bonds. The number of urea groups is 1. The molecule has 0 fully saturated rings. The summed E-state index contributed by atoms with van der Waals surface area (Å²) in [6.07, 6.45) is 2.62. The minimum atomic E-state index is -0.185. The molecule has 2 rings (SSSR count). The van der Waals surface area contributed by atoms with Crippen LogP contribution < -0.4 is 10.6 Å². The van der Waals surface area contributed by atoms with Gasteiger partial charge in [0.25, 0.3) is 0 Å². The molecular weight excluding hydrogens is 276 g/mol. The number of carbonyl (C=O) groups is 1. The zero-order valence-corrected chi connectivity index (χ0v) is 13.4. The van der Waals surface area contributed by atoms with E-state index >= 15 is 0 Å². The van der Waals surface area contributed by atoms with Crippen molar-refractivity contribution in [1.29, 1.82) is 0 Å². The Labute approximate surface area is 131 Å². The predicted molar refractivity (Wildman–Crippen MR) is 87.5 cm³/mol. The first-order valence-electron chi connectivity index (χ1n) is 7.75. The van der Waals surface area contributed by atoms with Gasteiger partial charge in [-0.3, -0.25) is 0 Å². The summed E-state index contributed by atoms with van der Waals surface area (Å²) in [6.45, 7) is 6.73. The third-order valence-electron chi connectivity index (χ3n) is 3.70. The third-order valence-corrected chi connectivity index (χ3v) is 3.70. The van der Waals surface area contributed by atoms with Crippen LogP contribution in [0, 0.1) is 5.92 Å². The lowest BCUT2D eigenvalue weighted by Gasteiger charge is -2.23. The molecule has 1 atom stereocenters. The largest absolute Gasteiger partial charge is 0.467 e. The maximum atomic E-state index is 12.1. The number of amides is 2. The summed E-state index contributed by atoms with van der Waals surface area (Å²) in [4.78, 5) is 12.1. The molecule has 0 saturated carbocycles. The van der Waals surface area contributed by atoms with E-state index in [4.69, 9.17) is 4.42 Å². The van der Waals surface area contributed by atoms with Gasteiger partial charge in [0, 0.05) is 0 Å². The molecule has 0 radical (unpaired) electrons. The summed E-state index contributed by atoms with van der Waals surface area (Å²) < 4.78 is 5.20. The van der Waals surface area contributed by atoms with Gasteiger partial charge in [-0.2, -0.15) is 0 Å². The molecule has 1 unspecified atom stereocenters. The molecule has 1 aromatic carbocycles. The molecule has 0 bridgehead atoms. The summed E-state index contributed by atoms with van der Waals surface area (Å²) in [5, 5.41) is 5.86. The van der Waals surface area contributed by atoms with E-state index in [1.54, 1.807) is 12.3 Å². The SMILES string of the molecule is CCc1ccc(C(NC(=O)NCc2ccco2)C(C)C)cc1. The van der Waals surface area contributed by atoms with Gasteiger partial charge in [0.1, 0.15) is 5.76 Å². The van der Waals surface area contributed by atoms with E-state index in [0.717, 1.165) is 17.7 Å². The first-order chi connectivity index (χ1) is 10.6. The Morgan fingerprint density at radius 2 is 1.91 bits per heavy atom. The molecule has 1 aromatic heterocycles. The molecule has 1 heterocycles. The maximum absolute atomic E-state index is 12.1. The molecule has 0 aliphatic rings. The molecule has 2 N–H and O–H groups in total. The number of aryl methyl sites for hydroxylation is 1. The van der Waals surface area contributed by atoms with Gasteiger partial charge < -0.3 is 15.1 Å². The maximum Gasteiger partial charge on any atom is 0.315 e. The van der Waals surface area contributed by atoms with Gasteiger partial charge in [-0.25, -0.2) is 4.79 Å². The van der Waals surface area contributed by atoms with Gasteiger partial charge in [-0.05, 0) is 35.6 Å². The van der Waals surface area contributed by atoms with Gasteiger partial charge in [0.15, 0.2) is 0 Å². The number of rotatable bonds is 6. The van der Waals surface area contributed by atoms with Crippen LogP contribution in [0.4, 0.5) is 4.79 Å². The Balaban J connectivity index is 1.96. The minimum Gasteiger partial charge on any atom is -0.467 e. The van der Waals surface area contributed by atoms with Crippen molar-refractivity contribution in [3.8, 4) is 0 Å². The highest BCUT2D eigenvalue weighted by molar-refractivity contribution is 5.74. The second-order valence-corrected chi connectivity index (χ2v) is 5.72. The Kier molecular flexibility index (Phi) is 5.64. The van der Waals surface area contributed by atoms with Crippen LogP contribution in [0.1, 0.15) is 43.7 Å². The van der Waals surface area contributed by atoms with E-state index in [1.165, 1.54) is 5.56 Å². The van der Waals surface area contributed by atoms with Crippen LogP contribution in [0.2, 0.25) is 0 Å². The van der Waals surface area contributed by atoms with Crippen molar-refractivity contribution in [2.24, 2.45) is 5.92 Å². The van der Waals surface area contributed by atoms with Crippen molar-refractivity contribution in [1.82, 2.24) is 10.6 Å².